The largest absolute Gasteiger partial charge is 0.481 e. The van der Waals surface area contributed by atoms with Gasteiger partial charge in [-0.15, -0.1) is 0 Å². The summed E-state index contributed by atoms with van der Waals surface area (Å²) in [6, 6.07) is 0. The molecule has 0 aromatic heterocycles. The monoisotopic (exact) mass is 226 g/mol. The molecular formula is C13H22O3. The van der Waals surface area contributed by atoms with Gasteiger partial charge in [0.25, 0.3) is 0 Å². The van der Waals surface area contributed by atoms with Gasteiger partial charge in [0, 0.05) is 6.61 Å². The van der Waals surface area contributed by atoms with E-state index in [0.717, 1.165) is 38.2 Å². The van der Waals surface area contributed by atoms with Crippen molar-refractivity contribution in [3.05, 3.63) is 0 Å². The highest BCUT2D eigenvalue weighted by Crippen LogP contribution is 2.29. The number of aliphatic carboxylic acids is 1. The van der Waals surface area contributed by atoms with Crippen molar-refractivity contribution in [2.75, 3.05) is 6.61 Å². The van der Waals surface area contributed by atoms with E-state index in [2.05, 4.69) is 0 Å². The molecule has 2 rings (SSSR count). The van der Waals surface area contributed by atoms with Crippen LogP contribution in [0.1, 0.15) is 51.4 Å². The fourth-order valence-corrected chi connectivity index (χ4v) is 2.93. The molecule has 2 aliphatic rings. The summed E-state index contributed by atoms with van der Waals surface area (Å²) in [7, 11) is 0. The minimum absolute atomic E-state index is 0.119. The van der Waals surface area contributed by atoms with Crippen molar-refractivity contribution in [3.63, 3.8) is 0 Å². The van der Waals surface area contributed by atoms with E-state index in [9.17, 15) is 4.79 Å². The van der Waals surface area contributed by atoms with Gasteiger partial charge in [0.2, 0.25) is 0 Å². The van der Waals surface area contributed by atoms with Crippen molar-refractivity contribution in [3.8, 4) is 0 Å². The molecule has 0 bridgehead atoms. The van der Waals surface area contributed by atoms with Gasteiger partial charge in [0.05, 0.1) is 12.0 Å². The normalized spacial score (nSPS) is 31.8. The number of carboxylic acids is 1. The molecule has 0 amide bonds. The zero-order chi connectivity index (χ0) is 11.4. The Bertz CT molecular complexity index is 225. The van der Waals surface area contributed by atoms with Crippen LogP contribution in [0.2, 0.25) is 0 Å². The van der Waals surface area contributed by atoms with Crippen LogP contribution in [-0.4, -0.2) is 23.8 Å². The van der Waals surface area contributed by atoms with Gasteiger partial charge in [-0.05, 0) is 44.4 Å². The third-order valence-corrected chi connectivity index (χ3v) is 4.07. The van der Waals surface area contributed by atoms with Crippen molar-refractivity contribution in [1.82, 2.24) is 0 Å². The SMILES string of the molecule is O=C(O)C1CCC(OCC2CCCC2)CC1. The zero-order valence-corrected chi connectivity index (χ0v) is 9.86. The molecule has 0 radical (unpaired) electrons. The lowest BCUT2D eigenvalue weighted by Crippen LogP contribution is -2.27. The maximum absolute atomic E-state index is 10.8. The van der Waals surface area contributed by atoms with Gasteiger partial charge in [-0.3, -0.25) is 4.79 Å². The van der Waals surface area contributed by atoms with Crippen molar-refractivity contribution in [2.45, 2.75) is 57.5 Å². The molecule has 2 aliphatic carbocycles. The van der Waals surface area contributed by atoms with Gasteiger partial charge >= 0.3 is 5.97 Å². The highest BCUT2D eigenvalue weighted by Gasteiger charge is 2.27. The molecule has 2 saturated carbocycles. The predicted molar refractivity (Wildman–Crippen MR) is 61.3 cm³/mol. The lowest BCUT2D eigenvalue weighted by atomic mass is 9.87. The van der Waals surface area contributed by atoms with Crippen LogP contribution in [0.15, 0.2) is 0 Å². The summed E-state index contributed by atoms with van der Waals surface area (Å²) in [5.41, 5.74) is 0. The minimum atomic E-state index is -0.630. The number of ether oxygens (including phenoxy) is 1. The molecule has 0 aromatic carbocycles. The fourth-order valence-electron chi connectivity index (χ4n) is 2.93. The second-order valence-electron chi connectivity index (χ2n) is 5.30. The van der Waals surface area contributed by atoms with Gasteiger partial charge < -0.3 is 9.84 Å². The molecule has 0 aliphatic heterocycles. The van der Waals surface area contributed by atoms with Crippen LogP contribution in [0.3, 0.4) is 0 Å². The molecule has 0 aromatic rings. The zero-order valence-electron chi connectivity index (χ0n) is 9.86. The number of carboxylic acid groups (broad SMARTS) is 1. The maximum Gasteiger partial charge on any atom is 0.306 e. The van der Waals surface area contributed by atoms with Crippen LogP contribution in [0, 0.1) is 11.8 Å². The van der Waals surface area contributed by atoms with Crippen LogP contribution in [0.25, 0.3) is 0 Å². The topological polar surface area (TPSA) is 46.5 Å². The molecule has 2 fully saturated rings. The standard InChI is InChI=1S/C13H22O3/c14-13(15)11-5-7-12(8-6-11)16-9-10-3-1-2-4-10/h10-12H,1-9H2,(H,14,15). The molecule has 1 N–H and O–H groups in total. The van der Waals surface area contributed by atoms with E-state index in [1.807, 2.05) is 0 Å². The molecule has 92 valence electrons. The van der Waals surface area contributed by atoms with E-state index in [1.165, 1.54) is 25.7 Å². The first-order valence-corrected chi connectivity index (χ1v) is 6.60. The Morgan fingerprint density at radius 3 is 2.25 bits per heavy atom. The van der Waals surface area contributed by atoms with Crippen molar-refractivity contribution in [2.24, 2.45) is 11.8 Å². The van der Waals surface area contributed by atoms with Crippen molar-refractivity contribution in [1.29, 1.82) is 0 Å². The van der Waals surface area contributed by atoms with E-state index in [4.69, 9.17) is 9.84 Å². The summed E-state index contributed by atoms with van der Waals surface area (Å²) < 4.78 is 5.90. The van der Waals surface area contributed by atoms with Gasteiger partial charge in [-0.1, -0.05) is 12.8 Å². The molecule has 0 saturated heterocycles. The van der Waals surface area contributed by atoms with E-state index < -0.39 is 5.97 Å². The second kappa shape index (κ2) is 5.67. The number of carbonyl (C=O) groups is 1. The van der Waals surface area contributed by atoms with Crippen molar-refractivity contribution >= 4 is 5.97 Å². The van der Waals surface area contributed by atoms with Crippen LogP contribution >= 0.6 is 0 Å². The molecular weight excluding hydrogens is 204 g/mol. The molecule has 0 heterocycles. The first kappa shape index (κ1) is 11.9. The molecule has 0 spiro atoms. The Labute approximate surface area is 97.2 Å². The third kappa shape index (κ3) is 3.21. The van der Waals surface area contributed by atoms with Crippen LogP contribution in [-0.2, 0) is 9.53 Å². The Morgan fingerprint density at radius 2 is 1.69 bits per heavy atom. The molecule has 3 heteroatoms. The highest BCUT2D eigenvalue weighted by molar-refractivity contribution is 5.70. The Hall–Kier alpha value is -0.570. The lowest BCUT2D eigenvalue weighted by Gasteiger charge is -2.27. The number of hydrogen-bond acceptors (Lipinski definition) is 2. The average molecular weight is 226 g/mol. The second-order valence-corrected chi connectivity index (χ2v) is 5.30. The van der Waals surface area contributed by atoms with Crippen LogP contribution in [0.5, 0.6) is 0 Å². The van der Waals surface area contributed by atoms with E-state index >= 15 is 0 Å². The Kier molecular flexibility index (Phi) is 4.22. The molecule has 0 atom stereocenters. The Balaban J connectivity index is 1.63. The van der Waals surface area contributed by atoms with E-state index in [0.29, 0.717) is 6.10 Å². The number of hydrogen-bond donors (Lipinski definition) is 1. The summed E-state index contributed by atoms with van der Waals surface area (Å²) in [6.07, 6.45) is 9.16. The number of rotatable bonds is 4. The Morgan fingerprint density at radius 1 is 1.06 bits per heavy atom. The summed E-state index contributed by atoms with van der Waals surface area (Å²) in [6.45, 7) is 0.905. The molecule has 0 unspecified atom stereocenters. The van der Waals surface area contributed by atoms with E-state index in [-0.39, 0.29) is 5.92 Å². The average Bonchev–Trinajstić information content (AvgIpc) is 2.80. The smallest absolute Gasteiger partial charge is 0.306 e. The fraction of sp³-hybridized carbons (Fsp3) is 0.923. The van der Waals surface area contributed by atoms with Gasteiger partial charge in [-0.2, -0.15) is 0 Å². The summed E-state index contributed by atoms with van der Waals surface area (Å²) in [5, 5.41) is 8.89. The first-order valence-electron chi connectivity index (χ1n) is 6.60. The van der Waals surface area contributed by atoms with Crippen LogP contribution in [0.4, 0.5) is 0 Å². The molecule has 3 nitrogen and oxygen atoms in total. The van der Waals surface area contributed by atoms with E-state index in [1.54, 1.807) is 0 Å². The summed E-state index contributed by atoms with van der Waals surface area (Å²) >= 11 is 0. The lowest BCUT2D eigenvalue weighted by molar-refractivity contribution is -0.143. The van der Waals surface area contributed by atoms with Gasteiger partial charge in [-0.25, -0.2) is 0 Å². The summed E-state index contributed by atoms with van der Waals surface area (Å²) in [5.74, 6) is 0.0257. The predicted octanol–water partition coefficient (Wildman–Crippen LogP) is 2.84. The van der Waals surface area contributed by atoms with Crippen molar-refractivity contribution < 1.29 is 14.6 Å². The summed E-state index contributed by atoms with van der Waals surface area (Å²) in [4.78, 5) is 10.8. The molecule has 16 heavy (non-hydrogen) atoms. The third-order valence-electron chi connectivity index (χ3n) is 4.07. The van der Waals surface area contributed by atoms with Gasteiger partial charge in [0.15, 0.2) is 0 Å². The highest BCUT2D eigenvalue weighted by atomic mass is 16.5. The van der Waals surface area contributed by atoms with Gasteiger partial charge in [0.1, 0.15) is 0 Å². The first-order chi connectivity index (χ1) is 7.75. The quantitative estimate of drug-likeness (QED) is 0.801. The van der Waals surface area contributed by atoms with Crippen LogP contribution < -0.4 is 0 Å². The maximum atomic E-state index is 10.8. The minimum Gasteiger partial charge on any atom is -0.481 e.